The first-order chi connectivity index (χ1) is 10.7. The summed E-state index contributed by atoms with van der Waals surface area (Å²) in [5.41, 5.74) is 1.09. The van der Waals surface area contributed by atoms with Gasteiger partial charge in [0.25, 0.3) is 0 Å². The number of methoxy groups -OCH3 is 1. The third-order valence-electron chi connectivity index (χ3n) is 3.51. The molecule has 2 rings (SSSR count). The van der Waals surface area contributed by atoms with Crippen molar-refractivity contribution in [3.8, 4) is 5.75 Å². The number of rotatable bonds is 8. The Hall–Kier alpha value is -0.140. The van der Waals surface area contributed by atoms with Crippen LogP contribution in [0.1, 0.15) is 31.2 Å². The third-order valence-corrected chi connectivity index (χ3v) is 4.68. The fraction of sp³-hybridized carbons (Fsp3) is 0.625. The van der Waals surface area contributed by atoms with E-state index in [1.54, 1.807) is 7.11 Å². The zero-order valence-electron chi connectivity index (χ0n) is 12.8. The predicted molar refractivity (Wildman–Crippen MR) is 92.2 cm³/mol. The van der Waals surface area contributed by atoms with Gasteiger partial charge in [-0.2, -0.15) is 0 Å². The average molecular weight is 438 g/mol. The van der Waals surface area contributed by atoms with Crippen LogP contribution >= 0.6 is 31.9 Å². The molecule has 0 N–H and O–H groups in total. The Bertz CT molecular complexity index is 438. The van der Waals surface area contributed by atoms with Gasteiger partial charge in [-0.1, -0.05) is 0 Å². The monoisotopic (exact) mass is 436 g/mol. The smallest absolute Gasteiger partial charge is 0.188 e. The molecule has 1 fully saturated rings. The summed E-state index contributed by atoms with van der Waals surface area (Å²) < 4.78 is 23.7. The van der Waals surface area contributed by atoms with Gasteiger partial charge >= 0.3 is 0 Å². The van der Waals surface area contributed by atoms with Gasteiger partial charge in [-0.3, -0.25) is 0 Å². The van der Waals surface area contributed by atoms with Crippen molar-refractivity contribution < 1.29 is 18.9 Å². The summed E-state index contributed by atoms with van der Waals surface area (Å²) in [4.78, 5) is 0. The van der Waals surface area contributed by atoms with Crippen molar-refractivity contribution in [1.82, 2.24) is 0 Å². The maximum Gasteiger partial charge on any atom is 0.188 e. The highest BCUT2D eigenvalue weighted by atomic mass is 79.9. The van der Waals surface area contributed by atoms with Gasteiger partial charge in [0.2, 0.25) is 0 Å². The van der Waals surface area contributed by atoms with Crippen LogP contribution in [-0.2, 0) is 20.8 Å². The second kappa shape index (κ2) is 9.88. The van der Waals surface area contributed by atoms with Gasteiger partial charge in [0, 0.05) is 20.3 Å². The van der Waals surface area contributed by atoms with Gasteiger partial charge in [-0.25, -0.2) is 0 Å². The van der Waals surface area contributed by atoms with Gasteiger partial charge in [-0.05, 0) is 75.2 Å². The van der Waals surface area contributed by atoms with Crippen LogP contribution in [0.3, 0.4) is 0 Å². The minimum absolute atomic E-state index is 0.217. The Morgan fingerprint density at radius 2 is 2.00 bits per heavy atom. The molecule has 0 bridgehead atoms. The van der Waals surface area contributed by atoms with Crippen molar-refractivity contribution >= 4 is 31.9 Å². The highest BCUT2D eigenvalue weighted by Crippen LogP contribution is 2.35. The highest BCUT2D eigenvalue weighted by Gasteiger charge is 2.13. The molecule has 1 unspecified atom stereocenters. The molecule has 1 aliphatic heterocycles. The highest BCUT2D eigenvalue weighted by molar-refractivity contribution is 9.11. The van der Waals surface area contributed by atoms with Gasteiger partial charge in [0.1, 0.15) is 0 Å². The minimum atomic E-state index is 0.217. The first-order valence-corrected chi connectivity index (χ1v) is 9.08. The Kier molecular flexibility index (Phi) is 8.17. The van der Waals surface area contributed by atoms with E-state index in [-0.39, 0.29) is 6.79 Å². The van der Waals surface area contributed by atoms with Crippen molar-refractivity contribution in [2.24, 2.45) is 0 Å². The van der Waals surface area contributed by atoms with Crippen LogP contribution in [0.2, 0.25) is 0 Å². The van der Waals surface area contributed by atoms with E-state index in [9.17, 15) is 0 Å². The summed E-state index contributed by atoms with van der Waals surface area (Å²) in [6.45, 7) is 2.41. The van der Waals surface area contributed by atoms with E-state index in [1.165, 1.54) is 12.8 Å². The predicted octanol–water partition coefficient (Wildman–Crippen LogP) is 4.67. The van der Waals surface area contributed by atoms with Gasteiger partial charge in [0.15, 0.2) is 12.5 Å². The van der Waals surface area contributed by atoms with E-state index in [4.69, 9.17) is 18.9 Å². The third kappa shape index (κ3) is 5.81. The molecule has 22 heavy (non-hydrogen) atoms. The first-order valence-electron chi connectivity index (χ1n) is 7.49. The van der Waals surface area contributed by atoms with Crippen LogP contribution < -0.4 is 4.74 Å². The SMILES string of the molecule is COCOc1c(Br)cc(COCCC2CCCCO2)cc1Br. The molecule has 1 aromatic rings. The van der Waals surface area contributed by atoms with Crippen LogP contribution in [0.15, 0.2) is 21.1 Å². The summed E-state index contributed by atoms with van der Waals surface area (Å²) in [5, 5.41) is 0. The summed E-state index contributed by atoms with van der Waals surface area (Å²) in [6.07, 6.45) is 4.96. The fourth-order valence-electron chi connectivity index (χ4n) is 2.39. The van der Waals surface area contributed by atoms with Crippen molar-refractivity contribution in [2.75, 3.05) is 27.1 Å². The van der Waals surface area contributed by atoms with Crippen LogP contribution in [0.4, 0.5) is 0 Å². The largest absolute Gasteiger partial charge is 0.465 e. The van der Waals surface area contributed by atoms with E-state index >= 15 is 0 Å². The zero-order chi connectivity index (χ0) is 15.8. The lowest BCUT2D eigenvalue weighted by Gasteiger charge is -2.22. The molecule has 1 saturated heterocycles. The van der Waals surface area contributed by atoms with Crippen LogP contribution in [0, 0.1) is 0 Å². The Morgan fingerprint density at radius 3 is 2.64 bits per heavy atom. The molecule has 1 aromatic carbocycles. The maximum atomic E-state index is 5.77. The van der Waals surface area contributed by atoms with E-state index in [0.29, 0.717) is 12.7 Å². The standard InChI is InChI=1S/C16H22Br2O4/c1-19-11-22-16-14(17)8-12(9-15(16)18)10-20-7-5-13-4-2-3-6-21-13/h8-9,13H,2-7,10-11H2,1H3. The maximum absolute atomic E-state index is 5.77. The molecule has 0 saturated carbocycles. The number of benzene rings is 1. The lowest BCUT2D eigenvalue weighted by atomic mass is 10.1. The molecule has 0 aliphatic carbocycles. The number of hydrogen-bond donors (Lipinski definition) is 0. The fourth-order valence-corrected chi connectivity index (χ4v) is 3.90. The normalized spacial score (nSPS) is 18.4. The quantitative estimate of drug-likeness (QED) is 0.437. The van der Waals surface area contributed by atoms with Gasteiger partial charge < -0.3 is 18.9 Å². The molecule has 6 heteroatoms. The number of hydrogen-bond acceptors (Lipinski definition) is 4. The Balaban J connectivity index is 1.77. The molecule has 1 aliphatic rings. The zero-order valence-corrected chi connectivity index (χ0v) is 15.9. The van der Waals surface area contributed by atoms with Crippen molar-refractivity contribution in [3.05, 3.63) is 26.6 Å². The van der Waals surface area contributed by atoms with E-state index in [2.05, 4.69) is 31.9 Å². The summed E-state index contributed by atoms with van der Waals surface area (Å²) >= 11 is 7.03. The summed E-state index contributed by atoms with van der Waals surface area (Å²) in [5.74, 6) is 0.737. The van der Waals surface area contributed by atoms with E-state index < -0.39 is 0 Å². The second-order valence-corrected chi connectivity index (χ2v) is 6.98. The second-order valence-electron chi connectivity index (χ2n) is 5.27. The topological polar surface area (TPSA) is 36.9 Å². The molecule has 4 nitrogen and oxygen atoms in total. The average Bonchev–Trinajstić information content (AvgIpc) is 2.52. The molecule has 1 heterocycles. The van der Waals surface area contributed by atoms with Crippen molar-refractivity contribution in [3.63, 3.8) is 0 Å². The van der Waals surface area contributed by atoms with Crippen molar-refractivity contribution in [1.29, 1.82) is 0 Å². The molecule has 0 radical (unpaired) electrons. The van der Waals surface area contributed by atoms with Gasteiger partial charge in [0.05, 0.1) is 21.7 Å². The summed E-state index contributed by atoms with van der Waals surface area (Å²) in [6, 6.07) is 4.01. The lowest BCUT2D eigenvalue weighted by Crippen LogP contribution is -2.20. The van der Waals surface area contributed by atoms with Crippen LogP contribution in [0.5, 0.6) is 5.75 Å². The molecular formula is C16H22Br2O4. The molecular weight excluding hydrogens is 416 g/mol. The number of halogens is 2. The van der Waals surface area contributed by atoms with E-state index in [1.807, 2.05) is 12.1 Å². The summed E-state index contributed by atoms with van der Waals surface area (Å²) in [7, 11) is 1.60. The first kappa shape index (κ1) is 18.2. The number of ether oxygens (including phenoxy) is 4. The minimum Gasteiger partial charge on any atom is -0.465 e. The van der Waals surface area contributed by atoms with Crippen LogP contribution in [0.25, 0.3) is 0 Å². The molecule has 0 spiro atoms. The van der Waals surface area contributed by atoms with Gasteiger partial charge in [-0.15, -0.1) is 0 Å². The molecule has 0 amide bonds. The van der Waals surface area contributed by atoms with Crippen molar-refractivity contribution in [2.45, 2.75) is 38.4 Å². The Labute approximate surface area is 148 Å². The van der Waals surface area contributed by atoms with Crippen LogP contribution in [-0.4, -0.2) is 33.2 Å². The Morgan fingerprint density at radius 1 is 1.23 bits per heavy atom. The lowest BCUT2D eigenvalue weighted by molar-refractivity contribution is -0.00965. The molecule has 1 atom stereocenters. The molecule has 0 aromatic heterocycles. The molecule has 124 valence electrons. The van der Waals surface area contributed by atoms with E-state index in [0.717, 1.165) is 46.3 Å².